The van der Waals surface area contributed by atoms with Crippen LogP contribution in [0.4, 0.5) is 0 Å². The van der Waals surface area contributed by atoms with Crippen LogP contribution >= 0.6 is 0 Å². The van der Waals surface area contributed by atoms with Crippen molar-refractivity contribution in [2.24, 2.45) is 5.92 Å². The molecule has 6 nitrogen and oxygen atoms in total. The molecule has 1 heterocycles. The second kappa shape index (κ2) is 8.35. The van der Waals surface area contributed by atoms with E-state index in [0.29, 0.717) is 12.6 Å². The number of hydrogen-bond donors (Lipinski definition) is 2. The van der Waals surface area contributed by atoms with Crippen molar-refractivity contribution in [2.45, 2.75) is 64.6 Å². The number of benzene rings is 1. The molecule has 1 aromatic heterocycles. The summed E-state index contributed by atoms with van der Waals surface area (Å²) in [6.07, 6.45) is 5.41. The molecule has 1 aliphatic rings. The normalized spacial score (nSPS) is 20.1. The number of nitrogens with zero attached hydrogens (tertiary/aromatic N) is 2. The maximum atomic E-state index is 11.1. The lowest BCUT2D eigenvalue weighted by Gasteiger charge is -2.27. The molecule has 1 saturated carbocycles. The summed E-state index contributed by atoms with van der Waals surface area (Å²) >= 11 is 0. The van der Waals surface area contributed by atoms with E-state index in [1.54, 1.807) is 7.11 Å². The second-order valence-corrected chi connectivity index (χ2v) is 8.62. The molecule has 2 N–H and O–H groups in total. The van der Waals surface area contributed by atoms with Gasteiger partial charge < -0.3 is 15.2 Å². The quantitative estimate of drug-likeness (QED) is 0.785. The SMILES string of the molecule is COc1cccc(-c2nn(C(C)(C)C)cc2CNC2CCC(C(=O)O)CC2)c1. The summed E-state index contributed by atoms with van der Waals surface area (Å²) in [5.41, 5.74) is 3.03. The predicted molar refractivity (Wildman–Crippen MR) is 109 cm³/mol. The molecule has 6 heteroatoms. The highest BCUT2D eigenvalue weighted by Gasteiger charge is 2.26. The zero-order valence-electron chi connectivity index (χ0n) is 17.2. The van der Waals surface area contributed by atoms with Gasteiger partial charge in [-0.15, -0.1) is 0 Å². The molecule has 1 aliphatic carbocycles. The van der Waals surface area contributed by atoms with Gasteiger partial charge in [0, 0.05) is 29.9 Å². The van der Waals surface area contributed by atoms with Crippen molar-refractivity contribution in [1.29, 1.82) is 0 Å². The maximum absolute atomic E-state index is 11.1. The zero-order chi connectivity index (χ0) is 20.3. The van der Waals surface area contributed by atoms with Crippen molar-refractivity contribution in [2.75, 3.05) is 7.11 Å². The van der Waals surface area contributed by atoms with Crippen LogP contribution in [0.15, 0.2) is 30.5 Å². The van der Waals surface area contributed by atoms with Crippen molar-refractivity contribution < 1.29 is 14.6 Å². The molecule has 0 unspecified atom stereocenters. The fourth-order valence-electron chi connectivity index (χ4n) is 3.69. The van der Waals surface area contributed by atoms with E-state index in [-0.39, 0.29) is 11.5 Å². The molecule has 0 spiro atoms. The van der Waals surface area contributed by atoms with Crippen LogP contribution in [0.3, 0.4) is 0 Å². The van der Waals surface area contributed by atoms with E-state index in [0.717, 1.165) is 48.3 Å². The minimum atomic E-state index is -0.662. The smallest absolute Gasteiger partial charge is 0.306 e. The first-order chi connectivity index (χ1) is 13.3. The van der Waals surface area contributed by atoms with Gasteiger partial charge in [0.05, 0.1) is 24.3 Å². The Balaban J connectivity index is 1.78. The van der Waals surface area contributed by atoms with Crippen LogP contribution in [0.5, 0.6) is 5.75 Å². The standard InChI is InChI=1S/C22H31N3O3/c1-22(2,3)25-14-17(13-23-18-10-8-15(9-11-18)21(26)27)20(24-25)16-6-5-7-19(12-16)28-4/h5-7,12,14-15,18,23H,8-11,13H2,1-4H3,(H,26,27). The zero-order valence-corrected chi connectivity index (χ0v) is 17.2. The Bertz CT molecular complexity index is 815. The van der Waals surface area contributed by atoms with Gasteiger partial charge >= 0.3 is 5.97 Å². The maximum Gasteiger partial charge on any atom is 0.306 e. The number of carboxylic acid groups (broad SMARTS) is 1. The van der Waals surface area contributed by atoms with Gasteiger partial charge in [-0.3, -0.25) is 9.48 Å². The molecule has 0 amide bonds. The van der Waals surface area contributed by atoms with E-state index in [1.807, 2.05) is 22.9 Å². The lowest BCUT2D eigenvalue weighted by molar-refractivity contribution is -0.142. The first kappa shape index (κ1) is 20.4. The molecule has 2 aromatic rings. The van der Waals surface area contributed by atoms with Gasteiger partial charge in [-0.2, -0.15) is 5.10 Å². The van der Waals surface area contributed by atoms with E-state index in [9.17, 15) is 9.90 Å². The van der Waals surface area contributed by atoms with Gasteiger partial charge in [-0.05, 0) is 58.6 Å². The van der Waals surface area contributed by atoms with E-state index in [1.165, 1.54) is 0 Å². The number of nitrogens with one attached hydrogen (secondary N) is 1. The summed E-state index contributed by atoms with van der Waals surface area (Å²) in [5, 5.41) is 17.7. The number of carboxylic acids is 1. The monoisotopic (exact) mass is 385 g/mol. The molecule has 1 aromatic carbocycles. The van der Waals surface area contributed by atoms with Crippen LogP contribution in [0.25, 0.3) is 11.3 Å². The lowest BCUT2D eigenvalue weighted by atomic mass is 9.86. The molecule has 152 valence electrons. The first-order valence-corrected chi connectivity index (χ1v) is 9.97. The highest BCUT2D eigenvalue weighted by Crippen LogP contribution is 2.29. The van der Waals surface area contributed by atoms with Crippen LogP contribution in [-0.2, 0) is 16.9 Å². The molecule has 28 heavy (non-hydrogen) atoms. The summed E-state index contributed by atoms with van der Waals surface area (Å²) < 4.78 is 7.39. The first-order valence-electron chi connectivity index (χ1n) is 9.97. The summed E-state index contributed by atoms with van der Waals surface area (Å²) in [5.74, 6) is -0.0343. The average molecular weight is 386 g/mol. The molecule has 1 fully saturated rings. The number of aliphatic carboxylic acids is 1. The number of ether oxygens (including phenoxy) is 1. The fourth-order valence-corrected chi connectivity index (χ4v) is 3.69. The molecule has 0 saturated heterocycles. The van der Waals surface area contributed by atoms with Crippen molar-refractivity contribution in [3.8, 4) is 17.0 Å². The summed E-state index contributed by atoms with van der Waals surface area (Å²) in [7, 11) is 1.67. The Labute approximate surface area is 166 Å². The molecule has 0 radical (unpaired) electrons. The summed E-state index contributed by atoms with van der Waals surface area (Å²) in [6.45, 7) is 7.13. The Hall–Kier alpha value is -2.34. The van der Waals surface area contributed by atoms with Crippen molar-refractivity contribution in [3.05, 3.63) is 36.0 Å². The summed E-state index contributed by atoms with van der Waals surface area (Å²) in [6, 6.07) is 8.33. The third-order valence-electron chi connectivity index (χ3n) is 5.48. The number of rotatable bonds is 6. The van der Waals surface area contributed by atoms with Crippen LogP contribution in [0, 0.1) is 5.92 Å². The highest BCUT2D eigenvalue weighted by molar-refractivity contribution is 5.70. The number of carbonyl (C=O) groups is 1. The van der Waals surface area contributed by atoms with E-state index >= 15 is 0 Å². The van der Waals surface area contributed by atoms with Gasteiger partial charge in [0.2, 0.25) is 0 Å². The fraction of sp³-hybridized carbons (Fsp3) is 0.545. The van der Waals surface area contributed by atoms with Crippen molar-refractivity contribution in [3.63, 3.8) is 0 Å². The van der Waals surface area contributed by atoms with E-state index in [4.69, 9.17) is 9.84 Å². The highest BCUT2D eigenvalue weighted by atomic mass is 16.5. The Morgan fingerprint density at radius 2 is 2.00 bits per heavy atom. The lowest BCUT2D eigenvalue weighted by Crippen LogP contribution is -2.34. The molecule has 0 bridgehead atoms. The summed E-state index contributed by atoms with van der Waals surface area (Å²) in [4.78, 5) is 11.1. The minimum absolute atomic E-state index is 0.106. The van der Waals surface area contributed by atoms with E-state index in [2.05, 4.69) is 38.4 Å². The average Bonchev–Trinajstić information content (AvgIpc) is 3.11. The molecular weight excluding hydrogens is 354 g/mol. The van der Waals surface area contributed by atoms with Crippen LogP contribution in [-0.4, -0.2) is 34.0 Å². The van der Waals surface area contributed by atoms with E-state index < -0.39 is 5.97 Å². The van der Waals surface area contributed by atoms with Crippen LogP contribution in [0.2, 0.25) is 0 Å². The molecule has 0 aliphatic heterocycles. The number of methoxy groups -OCH3 is 1. The predicted octanol–water partition coefficient (Wildman–Crippen LogP) is 4.05. The van der Waals surface area contributed by atoms with Gasteiger partial charge in [-0.1, -0.05) is 12.1 Å². The number of hydrogen-bond acceptors (Lipinski definition) is 4. The molecule has 3 rings (SSSR count). The third-order valence-corrected chi connectivity index (χ3v) is 5.48. The Morgan fingerprint density at radius 3 is 2.61 bits per heavy atom. The van der Waals surface area contributed by atoms with Gasteiger partial charge in [-0.25, -0.2) is 0 Å². The van der Waals surface area contributed by atoms with Crippen LogP contribution < -0.4 is 10.1 Å². The topological polar surface area (TPSA) is 76.4 Å². The molecule has 0 atom stereocenters. The van der Waals surface area contributed by atoms with Gasteiger partial charge in [0.1, 0.15) is 5.75 Å². The molecular formula is C22H31N3O3. The van der Waals surface area contributed by atoms with Crippen molar-refractivity contribution in [1.82, 2.24) is 15.1 Å². The minimum Gasteiger partial charge on any atom is -0.497 e. The number of aromatic nitrogens is 2. The largest absolute Gasteiger partial charge is 0.497 e. The van der Waals surface area contributed by atoms with Crippen LogP contribution in [0.1, 0.15) is 52.0 Å². The van der Waals surface area contributed by atoms with Gasteiger partial charge in [0.15, 0.2) is 0 Å². The Morgan fingerprint density at radius 1 is 1.29 bits per heavy atom. The third kappa shape index (κ3) is 4.73. The Kier molecular flexibility index (Phi) is 6.08. The second-order valence-electron chi connectivity index (χ2n) is 8.62. The van der Waals surface area contributed by atoms with Crippen molar-refractivity contribution >= 4 is 5.97 Å². The van der Waals surface area contributed by atoms with Gasteiger partial charge in [0.25, 0.3) is 0 Å².